The first-order valence-corrected chi connectivity index (χ1v) is 9.69. The highest BCUT2D eigenvalue weighted by molar-refractivity contribution is 7.90. The van der Waals surface area contributed by atoms with Crippen molar-refractivity contribution in [2.75, 3.05) is 6.26 Å². The highest BCUT2D eigenvalue weighted by Gasteiger charge is 2.32. The first-order chi connectivity index (χ1) is 11.2. The second-order valence-corrected chi connectivity index (χ2v) is 9.15. The maximum absolute atomic E-state index is 13.2. The number of benzene rings is 1. The zero-order valence-corrected chi connectivity index (χ0v) is 14.8. The van der Waals surface area contributed by atoms with Gasteiger partial charge in [-0.1, -0.05) is 26.0 Å². The molecule has 0 N–H and O–H groups in total. The van der Waals surface area contributed by atoms with Crippen LogP contribution in [0.25, 0.3) is 11.1 Å². The molecular weight excluding hydrogens is 325 g/mol. The van der Waals surface area contributed by atoms with E-state index < -0.39 is 9.84 Å². The van der Waals surface area contributed by atoms with Crippen LogP contribution >= 0.6 is 0 Å². The van der Waals surface area contributed by atoms with E-state index in [0.29, 0.717) is 0 Å². The molecule has 0 fully saturated rings. The summed E-state index contributed by atoms with van der Waals surface area (Å²) < 4.78 is 36.4. The SMILES string of the molecule is CC1(C)CC(c2ccc(F)cc2)=C(c2ccc(S(C)(=O)=O)cn2)C1. The number of rotatable bonds is 3. The molecule has 0 unspecified atom stereocenters. The number of aromatic nitrogens is 1. The number of pyridine rings is 1. The molecule has 3 nitrogen and oxygen atoms in total. The smallest absolute Gasteiger partial charge is 0.177 e. The van der Waals surface area contributed by atoms with Crippen LogP contribution in [0.15, 0.2) is 47.5 Å². The van der Waals surface area contributed by atoms with E-state index in [1.54, 1.807) is 24.3 Å². The topological polar surface area (TPSA) is 47.0 Å². The number of nitrogens with zero attached hydrogens (tertiary/aromatic N) is 1. The maximum Gasteiger partial charge on any atom is 0.177 e. The average Bonchev–Trinajstić information content (AvgIpc) is 2.83. The third kappa shape index (κ3) is 3.41. The van der Waals surface area contributed by atoms with E-state index in [2.05, 4.69) is 18.8 Å². The molecule has 0 aliphatic heterocycles. The second kappa shape index (κ2) is 5.81. The van der Waals surface area contributed by atoms with E-state index in [9.17, 15) is 12.8 Å². The number of hydrogen-bond donors (Lipinski definition) is 0. The zero-order valence-electron chi connectivity index (χ0n) is 14.0. The second-order valence-electron chi connectivity index (χ2n) is 7.13. The van der Waals surface area contributed by atoms with Crippen molar-refractivity contribution < 1.29 is 12.8 Å². The fourth-order valence-corrected chi connectivity index (χ4v) is 3.74. The Hall–Kier alpha value is -2.01. The monoisotopic (exact) mass is 345 g/mol. The van der Waals surface area contributed by atoms with Crippen LogP contribution in [0.5, 0.6) is 0 Å². The number of halogens is 1. The Morgan fingerprint density at radius 2 is 1.62 bits per heavy atom. The van der Waals surface area contributed by atoms with Crippen LogP contribution in [0.3, 0.4) is 0 Å². The van der Waals surface area contributed by atoms with Gasteiger partial charge in [-0.3, -0.25) is 4.98 Å². The third-order valence-electron chi connectivity index (χ3n) is 4.34. The van der Waals surface area contributed by atoms with E-state index >= 15 is 0 Å². The maximum atomic E-state index is 13.2. The highest BCUT2D eigenvalue weighted by atomic mass is 32.2. The van der Waals surface area contributed by atoms with Gasteiger partial charge in [0.15, 0.2) is 9.84 Å². The van der Waals surface area contributed by atoms with Gasteiger partial charge in [0.25, 0.3) is 0 Å². The predicted octanol–water partition coefficient (Wildman–Crippen LogP) is 4.36. The van der Waals surface area contributed by atoms with Crippen molar-refractivity contribution in [1.29, 1.82) is 0 Å². The summed E-state index contributed by atoms with van der Waals surface area (Å²) in [6, 6.07) is 9.86. The van der Waals surface area contributed by atoms with Crippen LogP contribution in [0.4, 0.5) is 4.39 Å². The van der Waals surface area contributed by atoms with Gasteiger partial charge in [0.1, 0.15) is 5.82 Å². The lowest BCUT2D eigenvalue weighted by Crippen LogP contribution is -2.05. The lowest BCUT2D eigenvalue weighted by atomic mass is 9.88. The molecule has 1 heterocycles. The molecule has 0 amide bonds. The van der Waals surface area contributed by atoms with Crippen molar-refractivity contribution in [2.24, 2.45) is 5.41 Å². The molecule has 0 saturated carbocycles. The van der Waals surface area contributed by atoms with Crippen LogP contribution in [-0.4, -0.2) is 19.7 Å². The first kappa shape index (κ1) is 16.8. The molecule has 2 aromatic rings. The Kier molecular flexibility index (Phi) is 4.08. The molecule has 0 bridgehead atoms. The molecular formula is C19H20FNO2S. The van der Waals surface area contributed by atoms with E-state index in [1.807, 2.05) is 0 Å². The molecule has 0 saturated heterocycles. The molecule has 1 aromatic heterocycles. The minimum atomic E-state index is -3.26. The molecule has 1 aliphatic rings. The van der Waals surface area contributed by atoms with Gasteiger partial charge >= 0.3 is 0 Å². The fourth-order valence-electron chi connectivity index (χ4n) is 3.18. The van der Waals surface area contributed by atoms with E-state index in [4.69, 9.17) is 0 Å². The minimum absolute atomic E-state index is 0.0935. The molecule has 0 radical (unpaired) electrons. The summed E-state index contributed by atoms with van der Waals surface area (Å²) in [5.74, 6) is -0.256. The Bertz CT molecular complexity index is 895. The summed E-state index contributed by atoms with van der Waals surface area (Å²) in [5, 5.41) is 0. The van der Waals surface area contributed by atoms with Crippen LogP contribution in [0, 0.1) is 11.2 Å². The van der Waals surface area contributed by atoms with Gasteiger partial charge in [0.2, 0.25) is 0 Å². The van der Waals surface area contributed by atoms with Crippen LogP contribution in [-0.2, 0) is 9.84 Å². The molecule has 0 atom stereocenters. The molecule has 1 aliphatic carbocycles. The quantitative estimate of drug-likeness (QED) is 0.830. The highest BCUT2D eigenvalue weighted by Crippen LogP contribution is 2.49. The van der Waals surface area contributed by atoms with Gasteiger partial charge in [0.05, 0.1) is 10.6 Å². The summed E-state index contributed by atoms with van der Waals surface area (Å²) in [6.07, 6.45) is 4.31. The molecule has 3 rings (SSSR count). The summed E-state index contributed by atoms with van der Waals surface area (Å²) in [4.78, 5) is 4.59. The molecule has 126 valence electrons. The van der Waals surface area contributed by atoms with E-state index in [1.165, 1.54) is 24.6 Å². The largest absolute Gasteiger partial charge is 0.255 e. The molecule has 1 aromatic carbocycles. The van der Waals surface area contributed by atoms with Crippen molar-refractivity contribution in [2.45, 2.75) is 31.6 Å². The van der Waals surface area contributed by atoms with Gasteiger partial charge in [-0.05, 0) is 59.2 Å². The Morgan fingerprint density at radius 3 is 2.17 bits per heavy atom. The van der Waals surface area contributed by atoms with Crippen LogP contribution in [0.1, 0.15) is 37.9 Å². The van der Waals surface area contributed by atoms with Crippen molar-refractivity contribution in [3.63, 3.8) is 0 Å². The summed E-state index contributed by atoms with van der Waals surface area (Å²) in [7, 11) is -3.26. The van der Waals surface area contributed by atoms with Crippen molar-refractivity contribution in [3.8, 4) is 0 Å². The van der Waals surface area contributed by atoms with Crippen LogP contribution in [0.2, 0.25) is 0 Å². The summed E-state index contributed by atoms with van der Waals surface area (Å²) >= 11 is 0. The Morgan fingerprint density at radius 1 is 1.00 bits per heavy atom. The zero-order chi connectivity index (χ0) is 17.5. The normalized spacial score (nSPS) is 17.3. The van der Waals surface area contributed by atoms with Crippen molar-refractivity contribution >= 4 is 21.0 Å². The van der Waals surface area contributed by atoms with Gasteiger partial charge in [0, 0.05) is 12.5 Å². The Balaban J connectivity index is 2.07. The van der Waals surface area contributed by atoms with Gasteiger partial charge in [-0.2, -0.15) is 0 Å². The van der Waals surface area contributed by atoms with Gasteiger partial charge < -0.3 is 0 Å². The van der Waals surface area contributed by atoms with Crippen molar-refractivity contribution in [3.05, 3.63) is 59.7 Å². The number of hydrogen-bond acceptors (Lipinski definition) is 3. The van der Waals surface area contributed by atoms with E-state index in [0.717, 1.165) is 35.2 Å². The van der Waals surface area contributed by atoms with Crippen LogP contribution < -0.4 is 0 Å². The number of sulfone groups is 1. The lowest BCUT2D eigenvalue weighted by Gasteiger charge is -2.17. The molecule has 5 heteroatoms. The number of allylic oxidation sites excluding steroid dienone is 2. The van der Waals surface area contributed by atoms with Crippen molar-refractivity contribution in [1.82, 2.24) is 4.98 Å². The fraction of sp³-hybridized carbons (Fsp3) is 0.316. The lowest BCUT2D eigenvalue weighted by molar-refractivity contribution is 0.406. The summed E-state index contributed by atoms with van der Waals surface area (Å²) in [5.41, 5.74) is 4.13. The Labute approximate surface area is 142 Å². The third-order valence-corrected chi connectivity index (χ3v) is 5.44. The standard InChI is InChI=1S/C19H20FNO2S/c1-19(2)10-16(13-4-6-14(20)7-5-13)17(11-19)18-9-8-15(12-21-18)24(3,22)23/h4-9,12H,10-11H2,1-3H3. The minimum Gasteiger partial charge on any atom is -0.255 e. The van der Waals surface area contributed by atoms with Gasteiger partial charge in [-0.15, -0.1) is 0 Å². The van der Waals surface area contributed by atoms with Gasteiger partial charge in [-0.25, -0.2) is 12.8 Å². The molecule has 0 spiro atoms. The van der Waals surface area contributed by atoms with E-state index in [-0.39, 0.29) is 16.1 Å². The first-order valence-electron chi connectivity index (χ1n) is 7.80. The molecule has 24 heavy (non-hydrogen) atoms. The summed E-state index contributed by atoms with van der Waals surface area (Å²) in [6.45, 7) is 4.38. The average molecular weight is 345 g/mol. The predicted molar refractivity (Wildman–Crippen MR) is 93.6 cm³/mol.